The van der Waals surface area contributed by atoms with Gasteiger partial charge in [-0.25, -0.2) is 9.37 Å². The lowest BCUT2D eigenvalue weighted by atomic mass is 10.1. The summed E-state index contributed by atoms with van der Waals surface area (Å²) in [6, 6.07) is 13.6. The number of nitrogens with one attached hydrogen (secondary N) is 3. The van der Waals surface area contributed by atoms with Crippen LogP contribution in [-0.2, 0) is 19.5 Å². The van der Waals surface area contributed by atoms with Gasteiger partial charge in [-0.3, -0.25) is 14.6 Å². The minimum Gasteiger partial charge on any atom is -0.369 e. The van der Waals surface area contributed by atoms with Crippen LogP contribution in [0.2, 0.25) is 0 Å². The zero-order valence-electron chi connectivity index (χ0n) is 18.7. The number of hydrogen-bond acceptors (Lipinski definition) is 6. The topological polar surface area (TPSA) is 127 Å². The highest BCUT2D eigenvalue weighted by Crippen LogP contribution is 2.21. The van der Waals surface area contributed by atoms with Crippen LogP contribution in [0.15, 0.2) is 60.9 Å². The summed E-state index contributed by atoms with van der Waals surface area (Å²) in [6.07, 6.45) is 4.73. The van der Waals surface area contributed by atoms with Gasteiger partial charge in [-0.1, -0.05) is 12.1 Å². The molecule has 4 aromatic rings. The van der Waals surface area contributed by atoms with Gasteiger partial charge < -0.3 is 16.4 Å². The van der Waals surface area contributed by atoms with Crippen LogP contribution in [-0.4, -0.2) is 44.0 Å². The van der Waals surface area contributed by atoms with E-state index in [2.05, 4.69) is 30.9 Å². The van der Waals surface area contributed by atoms with E-state index in [1.807, 2.05) is 16.8 Å². The zero-order valence-corrected chi connectivity index (χ0v) is 18.7. The lowest BCUT2D eigenvalue weighted by molar-refractivity contribution is 0.0950. The Kier molecular flexibility index (Phi) is 7.61. The van der Waals surface area contributed by atoms with Gasteiger partial charge in [0.1, 0.15) is 11.6 Å². The van der Waals surface area contributed by atoms with E-state index in [4.69, 9.17) is 5.73 Å². The Balaban J connectivity index is 1.48. The first-order chi connectivity index (χ1) is 16.6. The summed E-state index contributed by atoms with van der Waals surface area (Å²) in [4.78, 5) is 17.7. The molecule has 0 fully saturated rings. The molecule has 3 aromatic heterocycles. The van der Waals surface area contributed by atoms with Gasteiger partial charge in [0.2, 0.25) is 0 Å². The molecule has 34 heavy (non-hydrogen) atoms. The quantitative estimate of drug-likeness (QED) is 0.272. The number of hydrogen-bond donors (Lipinski definition) is 4. The third-order valence-electron chi connectivity index (χ3n) is 5.32. The van der Waals surface area contributed by atoms with E-state index < -0.39 is 0 Å². The van der Waals surface area contributed by atoms with Crippen molar-refractivity contribution in [3.05, 3.63) is 83.6 Å². The summed E-state index contributed by atoms with van der Waals surface area (Å²) in [5.74, 6) is -0.0937. The van der Waals surface area contributed by atoms with Crippen molar-refractivity contribution in [1.82, 2.24) is 30.3 Å². The monoisotopic (exact) mass is 462 g/mol. The maximum absolute atomic E-state index is 13.5. The number of aromatic amines is 1. The molecular weight excluding hydrogens is 435 g/mol. The number of benzene rings is 1. The van der Waals surface area contributed by atoms with E-state index in [0.29, 0.717) is 49.7 Å². The van der Waals surface area contributed by atoms with E-state index in [-0.39, 0.29) is 11.7 Å². The molecule has 0 aliphatic carbocycles. The number of H-pyrrole nitrogens is 1. The molecule has 0 spiro atoms. The van der Waals surface area contributed by atoms with Crippen LogP contribution < -0.4 is 16.4 Å². The predicted octanol–water partition coefficient (Wildman–Crippen LogP) is 2.74. The van der Waals surface area contributed by atoms with E-state index in [9.17, 15) is 9.18 Å². The second-order valence-corrected chi connectivity index (χ2v) is 7.74. The van der Waals surface area contributed by atoms with Crippen molar-refractivity contribution < 1.29 is 9.18 Å². The smallest absolute Gasteiger partial charge is 0.255 e. The van der Waals surface area contributed by atoms with Gasteiger partial charge in [0.25, 0.3) is 5.91 Å². The first kappa shape index (κ1) is 23.1. The molecule has 0 aliphatic rings. The van der Waals surface area contributed by atoms with Gasteiger partial charge in [0, 0.05) is 25.5 Å². The van der Waals surface area contributed by atoms with Crippen molar-refractivity contribution in [2.24, 2.45) is 5.73 Å². The van der Waals surface area contributed by atoms with Gasteiger partial charge in [0.15, 0.2) is 0 Å². The number of amides is 1. The van der Waals surface area contributed by atoms with Gasteiger partial charge in [-0.2, -0.15) is 10.2 Å². The first-order valence-electron chi connectivity index (χ1n) is 11.1. The van der Waals surface area contributed by atoms with Crippen molar-refractivity contribution in [2.75, 3.05) is 18.4 Å². The largest absolute Gasteiger partial charge is 0.369 e. The van der Waals surface area contributed by atoms with Crippen LogP contribution in [0.4, 0.5) is 10.2 Å². The summed E-state index contributed by atoms with van der Waals surface area (Å²) in [5.41, 5.74) is 9.15. The number of halogens is 1. The molecule has 1 amide bonds. The number of rotatable bonds is 11. The highest BCUT2D eigenvalue weighted by atomic mass is 19.1. The fourth-order valence-electron chi connectivity index (χ4n) is 3.56. The molecule has 0 aliphatic heterocycles. The third kappa shape index (κ3) is 5.84. The molecule has 5 N–H and O–H groups in total. The molecule has 0 radical (unpaired) electrons. The van der Waals surface area contributed by atoms with Crippen molar-refractivity contribution in [1.29, 1.82) is 0 Å². The second-order valence-electron chi connectivity index (χ2n) is 7.74. The van der Waals surface area contributed by atoms with Gasteiger partial charge in [-0.05, 0) is 61.3 Å². The molecule has 176 valence electrons. The molecular formula is C24H27FN8O. The maximum Gasteiger partial charge on any atom is 0.255 e. The van der Waals surface area contributed by atoms with Crippen molar-refractivity contribution in [3.8, 4) is 11.4 Å². The summed E-state index contributed by atoms with van der Waals surface area (Å²) >= 11 is 0. The lowest BCUT2D eigenvalue weighted by Gasteiger charge is -2.13. The summed E-state index contributed by atoms with van der Waals surface area (Å²) in [7, 11) is 0. The summed E-state index contributed by atoms with van der Waals surface area (Å²) in [5, 5.41) is 17.3. The Morgan fingerprint density at radius 3 is 2.85 bits per heavy atom. The van der Waals surface area contributed by atoms with Crippen LogP contribution in [0.3, 0.4) is 0 Å². The Bertz CT molecular complexity index is 1220. The van der Waals surface area contributed by atoms with E-state index in [1.54, 1.807) is 36.7 Å². The number of carbonyl (C=O) groups is 1. The van der Waals surface area contributed by atoms with Gasteiger partial charge in [-0.15, -0.1) is 0 Å². The van der Waals surface area contributed by atoms with Crippen molar-refractivity contribution in [3.63, 3.8) is 0 Å². The van der Waals surface area contributed by atoms with Crippen molar-refractivity contribution in [2.45, 2.75) is 25.9 Å². The predicted molar refractivity (Wildman–Crippen MR) is 127 cm³/mol. The number of aromatic nitrogens is 5. The van der Waals surface area contributed by atoms with Crippen LogP contribution in [0, 0.1) is 5.82 Å². The zero-order chi connectivity index (χ0) is 23.8. The molecule has 10 heteroatoms. The maximum atomic E-state index is 13.5. The van der Waals surface area contributed by atoms with E-state index in [0.717, 1.165) is 23.4 Å². The first-order valence-corrected chi connectivity index (χ1v) is 11.1. The molecule has 1 aromatic carbocycles. The number of nitrogens with two attached hydrogens (primary N) is 1. The standard InChI is InChI=1S/C24H27FN8O/c25-18-4-1-3-17(15-18)7-11-27-23-20(5-6-21(31-23)22-9-12-29-32-22)24(34)28-16-19-8-13-30-33(19)14-2-10-26/h1,3-6,8-9,12-13,15H,2,7,10-11,14,16,26H2,(H,27,31)(H,28,34)(H,29,32). The van der Waals surface area contributed by atoms with Crippen LogP contribution >= 0.6 is 0 Å². The third-order valence-corrected chi connectivity index (χ3v) is 5.32. The van der Waals surface area contributed by atoms with Gasteiger partial charge >= 0.3 is 0 Å². The highest BCUT2D eigenvalue weighted by Gasteiger charge is 2.15. The second kappa shape index (κ2) is 11.2. The summed E-state index contributed by atoms with van der Waals surface area (Å²) < 4.78 is 15.3. The SMILES string of the molecule is NCCCn1nccc1CNC(=O)c1ccc(-c2ccn[nH]2)nc1NCCc1cccc(F)c1. The number of aryl methyl sites for hydroxylation is 1. The lowest BCUT2D eigenvalue weighted by Crippen LogP contribution is -2.26. The summed E-state index contributed by atoms with van der Waals surface area (Å²) in [6.45, 7) is 2.08. The van der Waals surface area contributed by atoms with Crippen LogP contribution in [0.5, 0.6) is 0 Å². The molecule has 4 rings (SSSR count). The molecule has 0 bridgehead atoms. The molecule has 0 unspecified atom stereocenters. The number of carbonyl (C=O) groups excluding carboxylic acids is 1. The fraction of sp³-hybridized carbons (Fsp3) is 0.250. The molecule has 0 saturated carbocycles. The Morgan fingerprint density at radius 2 is 2.06 bits per heavy atom. The Hall–Kier alpha value is -4.05. The molecule has 0 atom stereocenters. The van der Waals surface area contributed by atoms with Gasteiger partial charge in [0.05, 0.1) is 29.2 Å². The Labute approximate surface area is 196 Å². The normalized spacial score (nSPS) is 10.9. The fourth-order valence-corrected chi connectivity index (χ4v) is 3.56. The number of anilines is 1. The number of pyridine rings is 1. The van der Waals surface area contributed by atoms with Crippen LogP contribution in [0.25, 0.3) is 11.4 Å². The molecule has 0 saturated heterocycles. The average Bonchev–Trinajstić information content (AvgIpc) is 3.53. The molecule has 3 heterocycles. The van der Waals surface area contributed by atoms with Crippen molar-refractivity contribution >= 4 is 11.7 Å². The van der Waals surface area contributed by atoms with Crippen LogP contribution in [0.1, 0.15) is 28.0 Å². The molecule has 9 nitrogen and oxygen atoms in total. The highest BCUT2D eigenvalue weighted by molar-refractivity contribution is 5.99. The number of nitrogens with zero attached hydrogens (tertiary/aromatic N) is 4. The Morgan fingerprint density at radius 1 is 1.15 bits per heavy atom. The van der Waals surface area contributed by atoms with E-state index in [1.165, 1.54) is 12.1 Å². The van der Waals surface area contributed by atoms with E-state index >= 15 is 0 Å². The minimum absolute atomic E-state index is 0.261. The average molecular weight is 463 g/mol. The minimum atomic E-state index is -0.275.